The molecule has 21 heavy (non-hydrogen) atoms. The number of aromatic nitrogens is 2. The Morgan fingerprint density at radius 1 is 1.38 bits per heavy atom. The van der Waals surface area contributed by atoms with Crippen molar-refractivity contribution in [2.45, 2.75) is 64.2 Å². The zero-order valence-corrected chi connectivity index (χ0v) is 13.0. The van der Waals surface area contributed by atoms with Gasteiger partial charge in [0.2, 0.25) is 0 Å². The molecule has 0 radical (unpaired) electrons. The predicted molar refractivity (Wildman–Crippen MR) is 77.8 cm³/mol. The Balaban J connectivity index is 1.91. The summed E-state index contributed by atoms with van der Waals surface area (Å²) >= 11 is 0. The van der Waals surface area contributed by atoms with Gasteiger partial charge in [0.05, 0.1) is 6.04 Å². The van der Waals surface area contributed by atoms with Gasteiger partial charge in [0, 0.05) is 23.9 Å². The maximum atomic E-state index is 11.7. The molecule has 1 fully saturated rings. The van der Waals surface area contributed by atoms with Crippen molar-refractivity contribution in [3.05, 3.63) is 23.8 Å². The lowest BCUT2D eigenvalue weighted by Crippen LogP contribution is -2.40. The molecule has 0 aromatic carbocycles. The van der Waals surface area contributed by atoms with Gasteiger partial charge in [-0.2, -0.15) is 0 Å². The molecule has 1 aliphatic carbocycles. The molecule has 0 saturated heterocycles. The number of aliphatic hydroxyl groups excluding tert-OH is 1. The minimum absolute atomic E-state index is 0.480. The summed E-state index contributed by atoms with van der Waals surface area (Å²) in [5.74, 6) is 1.31. The molecule has 1 aromatic rings. The molecule has 6 heteroatoms. The van der Waals surface area contributed by atoms with Crippen LogP contribution in [0.1, 0.15) is 63.9 Å². The monoisotopic (exact) mass is 293 g/mol. The van der Waals surface area contributed by atoms with Gasteiger partial charge in [-0.3, -0.25) is 0 Å². The molecule has 1 saturated carbocycles. The summed E-state index contributed by atoms with van der Waals surface area (Å²) in [5, 5.41) is 12.8. The van der Waals surface area contributed by atoms with Gasteiger partial charge in [0.15, 0.2) is 0 Å². The number of carbonyl (C=O) groups is 1. The maximum Gasteiger partial charge on any atom is 0.407 e. The zero-order chi connectivity index (χ0) is 15.6. The quantitative estimate of drug-likeness (QED) is 0.890. The molecule has 1 amide bonds. The summed E-state index contributed by atoms with van der Waals surface area (Å²) < 4.78 is 5.16. The lowest BCUT2D eigenvalue weighted by molar-refractivity contribution is 0.0435. The molecule has 0 unspecified atom stereocenters. The van der Waals surface area contributed by atoms with Gasteiger partial charge < -0.3 is 15.2 Å². The fraction of sp³-hybridized carbons (Fsp3) is 0.667. The molecular weight excluding hydrogens is 270 g/mol. The van der Waals surface area contributed by atoms with Crippen LogP contribution in [0, 0.1) is 0 Å². The Bertz CT molecular complexity index is 492. The van der Waals surface area contributed by atoms with E-state index in [1.165, 1.54) is 0 Å². The van der Waals surface area contributed by atoms with E-state index < -0.39 is 23.8 Å². The Morgan fingerprint density at radius 3 is 2.43 bits per heavy atom. The highest BCUT2D eigenvalue weighted by Crippen LogP contribution is 2.37. The number of aliphatic hydroxyl groups is 1. The van der Waals surface area contributed by atoms with Gasteiger partial charge in [-0.05, 0) is 40.5 Å². The Morgan fingerprint density at radius 2 is 1.95 bits per heavy atom. The number of hydrogen-bond acceptors (Lipinski definition) is 5. The number of amides is 1. The summed E-state index contributed by atoms with van der Waals surface area (Å²) in [4.78, 5) is 20.2. The smallest absolute Gasteiger partial charge is 0.407 e. The minimum atomic E-state index is -0.870. The normalized spacial score (nSPS) is 18.0. The number of nitrogens with one attached hydrogen (secondary N) is 1. The van der Waals surface area contributed by atoms with Crippen LogP contribution in [0.2, 0.25) is 0 Å². The molecule has 1 aliphatic rings. The molecule has 1 heterocycles. The summed E-state index contributed by atoms with van der Waals surface area (Å²) in [7, 11) is 0. The fourth-order valence-electron chi connectivity index (χ4n) is 1.91. The molecular formula is C15H23N3O3. The largest absolute Gasteiger partial charge is 0.444 e. The van der Waals surface area contributed by atoms with Crippen LogP contribution in [0.4, 0.5) is 4.79 Å². The number of alkyl carbamates (subject to hydrolysis) is 1. The van der Waals surface area contributed by atoms with E-state index in [1.807, 2.05) is 0 Å². The van der Waals surface area contributed by atoms with Gasteiger partial charge in [-0.1, -0.05) is 0 Å². The topological polar surface area (TPSA) is 84.3 Å². The van der Waals surface area contributed by atoms with Crippen LogP contribution in [-0.2, 0) is 4.74 Å². The van der Waals surface area contributed by atoms with Gasteiger partial charge in [-0.15, -0.1) is 0 Å². The lowest BCUT2D eigenvalue weighted by Gasteiger charge is -2.24. The second-order valence-electron chi connectivity index (χ2n) is 6.53. The van der Waals surface area contributed by atoms with Crippen LogP contribution < -0.4 is 5.32 Å². The average molecular weight is 293 g/mol. The molecule has 6 nitrogen and oxygen atoms in total. The van der Waals surface area contributed by atoms with Gasteiger partial charge in [0.1, 0.15) is 17.5 Å². The first-order chi connectivity index (χ1) is 9.76. The molecule has 2 atom stereocenters. The standard InChI is InChI=1S/C15H23N3O3/c1-9(18-14(20)21-15(2,3)4)12(19)11-7-16-13(17-8-11)10-5-6-10/h7-10,12,19H,5-6H2,1-4H3,(H,18,20)/t9-,12-/m0/s1. The van der Waals surface area contributed by atoms with E-state index in [9.17, 15) is 9.90 Å². The Kier molecular flexibility index (Phi) is 4.46. The van der Waals surface area contributed by atoms with Crippen molar-refractivity contribution in [3.8, 4) is 0 Å². The zero-order valence-electron chi connectivity index (χ0n) is 13.0. The molecule has 116 valence electrons. The summed E-state index contributed by atoms with van der Waals surface area (Å²) in [6, 6.07) is -0.491. The summed E-state index contributed by atoms with van der Waals surface area (Å²) in [6.07, 6.45) is 4.10. The summed E-state index contributed by atoms with van der Waals surface area (Å²) in [5.41, 5.74) is 0.0204. The second kappa shape index (κ2) is 5.97. The van der Waals surface area contributed by atoms with E-state index in [-0.39, 0.29) is 0 Å². The van der Waals surface area contributed by atoms with E-state index in [0.29, 0.717) is 11.5 Å². The molecule has 0 bridgehead atoms. The fourth-order valence-corrected chi connectivity index (χ4v) is 1.91. The number of nitrogens with zero attached hydrogens (tertiary/aromatic N) is 2. The van der Waals surface area contributed by atoms with Gasteiger partial charge in [-0.25, -0.2) is 14.8 Å². The average Bonchev–Trinajstić information content (AvgIpc) is 3.20. The van der Waals surface area contributed by atoms with Crippen molar-refractivity contribution in [2.24, 2.45) is 0 Å². The number of rotatable bonds is 4. The summed E-state index contributed by atoms with van der Waals surface area (Å²) in [6.45, 7) is 7.08. The molecule has 1 aromatic heterocycles. The highest BCUT2D eigenvalue weighted by molar-refractivity contribution is 5.68. The van der Waals surface area contributed by atoms with Crippen molar-refractivity contribution in [2.75, 3.05) is 0 Å². The van der Waals surface area contributed by atoms with Crippen LogP contribution in [0.15, 0.2) is 12.4 Å². The SMILES string of the molecule is C[C@H](NC(=O)OC(C)(C)C)[C@H](O)c1cnc(C2CC2)nc1. The third-order valence-electron chi connectivity index (χ3n) is 3.19. The Hall–Kier alpha value is -1.69. The second-order valence-corrected chi connectivity index (χ2v) is 6.53. The highest BCUT2D eigenvalue weighted by atomic mass is 16.6. The lowest BCUT2D eigenvalue weighted by atomic mass is 10.1. The highest BCUT2D eigenvalue weighted by Gasteiger charge is 2.27. The van der Waals surface area contributed by atoms with Crippen LogP contribution in [0.5, 0.6) is 0 Å². The molecule has 0 aliphatic heterocycles. The third-order valence-corrected chi connectivity index (χ3v) is 3.19. The number of carbonyl (C=O) groups excluding carboxylic acids is 1. The number of ether oxygens (including phenoxy) is 1. The van der Waals surface area contributed by atoms with E-state index >= 15 is 0 Å². The third kappa shape index (κ3) is 4.67. The van der Waals surface area contributed by atoms with Crippen LogP contribution in [0.3, 0.4) is 0 Å². The van der Waals surface area contributed by atoms with Crippen molar-refractivity contribution in [3.63, 3.8) is 0 Å². The van der Waals surface area contributed by atoms with E-state index in [0.717, 1.165) is 18.7 Å². The van der Waals surface area contributed by atoms with Crippen molar-refractivity contribution >= 4 is 6.09 Å². The molecule has 0 spiro atoms. The van der Waals surface area contributed by atoms with Gasteiger partial charge >= 0.3 is 6.09 Å². The first kappa shape index (κ1) is 15.7. The molecule has 2 N–H and O–H groups in total. The first-order valence-corrected chi connectivity index (χ1v) is 7.25. The van der Waals surface area contributed by atoms with Crippen LogP contribution in [0.25, 0.3) is 0 Å². The minimum Gasteiger partial charge on any atom is -0.444 e. The van der Waals surface area contributed by atoms with Crippen molar-refractivity contribution in [1.82, 2.24) is 15.3 Å². The number of hydrogen-bond donors (Lipinski definition) is 2. The van der Waals surface area contributed by atoms with Crippen molar-refractivity contribution in [1.29, 1.82) is 0 Å². The first-order valence-electron chi connectivity index (χ1n) is 7.25. The van der Waals surface area contributed by atoms with Crippen molar-refractivity contribution < 1.29 is 14.6 Å². The van der Waals surface area contributed by atoms with E-state index in [4.69, 9.17) is 4.74 Å². The molecule has 2 rings (SSSR count). The Labute approximate surface area is 124 Å². The predicted octanol–water partition coefficient (Wildman–Crippen LogP) is 2.30. The van der Waals surface area contributed by atoms with E-state index in [1.54, 1.807) is 40.1 Å². The van der Waals surface area contributed by atoms with Crippen LogP contribution >= 0.6 is 0 Å². The van der Waals surface area contributed by atoms with E-state index in [2.05, 4.69) is 15.3 Å². The maximum absolute atomic E-state index is 11.7. The van der Waals surface area contributed by atoms with Gasteiger partial charge in [0.25, 0.3) is 0 Å². The van der Waals surface area contributed by atoms with Crippen LogP contribution in [-0.4, -0.2) is 32.8 Å².